The molecule has 0 aromatic heterocycles. The fourth-order valence-corrected chi connectivity index (χ4v) is 3.25. The van der Waals surface area contributed by atoms with Gasteiger partial charge in [-0.3, -0.25) is 0 Å². The normalized spacial score (nSPS) is 15.4. The zero-order valence-corrected chi connectivity index (χ0v) is 16.0. The van der Waals surface area contributed by atoms with Gasteiger partial charge < -0.3 is 19.9 Å². The largest absolute Gasteiger partial charge is 0.378 e. The molecule has 0 atom stereocenters. The molecule has 2 aromatic carbocycles. The maximum Gasteiger partial charge on any atom is 0.101 e. The van der Waals surface area contributed by atoms with Crippen molar-refractivity contribution in [3.63, 3.8) is 0 Å². The fourth-order valence-electron chi connectivity index (χ4n) is 3.25. The van der Waals surface area contributed by atoms with Crippen molar-refractivity contribution < 1.29 is 4.74 Å². The second-order valence-electron chi connectivity index (χ2n) is 6.91. The van der Waals surface area contributed by atoms with Gasteiger partial charge in [-0.25, -0.2) is 0 Å². The van der Waals surface area contributed by atoms with Gasteiger partial charge in [0, 0.05) is 25.3 Å². The van der Waals surface area contributed by atoms with Gasteiger partial charge in [0.1, 0.15) is 5.82 Å². The Balaban J connectivity index is 1.70. The van der Waals surface area contributed by atoms with Crippen LogP contribution in [0.5, 0.6) is 0 Å². The highest BCUT2D eigenvalue weighted by molar-refractivity contribution is 5.67. The van der Waals surface area contributed by atoms with Crippen LogP contribution in [0.2, 0.25) is 0 Å². The smallest absolute Gasteiger partial charge is 0.101 e. The van der Waals surface area contributed by atoms with Crippen LogP contribution in [0.15, 0.2) is 60.4 Å². The molecule has 3 rings (SSSR count). The number of hydrogen-bond acceptors (Lipinski definition) is 4. The van der Waals surface area contributed by atoms with Gasteiger partial charge in [0.05, 0.1) is 13.2 Å². The summed E-state index contributed by atoms with van der Waals surface area (Å²) >= 11 is 0. The fraction of sp³-hybridized carbons (Fsp3) is 0.364. The van der Waals surface area contributed by atoms with Crippen LogP contribution in [0, 0.1) is 0 Å². The van der Waals surface area contributed by atoms with Gasteiger partial charge in [-0.1, -0.05) is 30.3 Å². The molecule has 1 aliphatic rings. The van der Waals surface area contributed by atoms with Gasteiger partial charge >= 0.3 is 0 Å². The van der Waals surface area contributed by atoms with Crippen molar-refractivity contribution in [2.75, 3.05) is 45.7 Å². The molecule has 0 unspecified atom stereocenters. The van der Waals surface area contributed by atoms with Crippen LogP contribution in [-0.4, -0.2) is 50.2 Å². The number of ether oxygens (including phenoxy) is 1. The molecular weight excluding hydrogens is 322 g/mol. The number of allylic oxidation sites excluding steroid dienone is 1. The average molecular weight is 351 g/mol. The van der Waals surface area contributed by atoms with E-state index in [4.69, 9.17) is 4.74 Å². The zero-order chi connectivity index (χ0) is 18.4. The Kier molecular flexibility index (Phi) is 6.31. The van der Waals surface area contributed by atoms with E-state index in [0.717, 1.165) is 44.4 Å². The molecule has 0 aliphatic carbocycles. The lowest BCUT2D eigenvalue weighted by molar-refractivity contribution is 0.0542. The molecule has 1 N–H and O–H groups in total. The highest BCUT2D eigenvalue weighted by atomic mass is 16.5. The lowest BCUT2D eigenvalue weighted by Crippen LogP contribution is -2.37. The molecule has 26 heavy (non-hydrogen) atoms. The van der Waals surface area contributed by atoms with Crippen LogP contribution in [0.4, 0.5) is 5.69 Å². The predicted molar refractivity (Wildman–Crippen MR) is 109 cm³/mol. The van der Waals surface area contributed by atoms with E-state index < -0.39 is 0 Å². The lowest BCUT2D eigenvalue weighted by atomic mass is 10.0. The minimum absolute atomic E-state index is 0.793. The molecule has 4 heteroatoms. The molecule has 4 nitrogen and oxygen atoms in total. The van der Waals surface area contributed by atoms with Crippen LogP contribution in [0.1, 0.15) is 12.5 Å². The SMILES string of the molecule is C/C=C(\Nc1ccc(-c2cccc(CN(C)C)c2)cc1)N1CCOCC1. The maximum absolute atomic E-state index is 5.44. The predicted octanol–water partition coefficient (Wildman–Crippen LogP) is 4.02. The third kappa shape index (κ3) is 4.87. The number of morpholine rings is 1. The third-order valence-corrected chi connectivity index (χ3v) is 4.54. The van der Waals surface area contributed by atoms with Gasteiger partial charge in [-0.15, -0.1) is 0 Å². The van der Waals surface area contributed by atoms with Crippen molar-refractivity contribution in [2.24, 2.45) is 0 Å². The average Bonchev–Trinajstić information content (AvgIpc) is 2.67. The number of hydrogen-bond donors (Lipinski definition) is 1. The Morgan fingerprint density at radius 3 is 2.46 bits per heavy atom. The van der Waals surface area contributed by atoms with Crippen molar-refractivity contribution in [3.05, 3.63) is 66.0 Å². The van der Waals surface area contributed by atoms with Crippen LogP contribution >= 0.6 is 0 Å². The van der Waals surface area contributed by atoms with Crippen LogP contribution in [0.3, 0.4) is 0 Å². The van der Waals surface area contributed by atoms with Crippen molar-refractivity contribution >= 4 is 5.69 Å². The maximum atomic E-state index is 5.44. The van der Waals surface area contributed by atoms with Crippen molar-refractivity contribution in [3.8, 4) is 11.1 Å². The van der Waals surface area contributed by atoms with Gasteiger partial charge in [-0.2, -0.15) is 0 Å². The molecule has 0 saturated carbocycles. The molecule has 1 heterocycles. The lowest BCUT2D eigenvalue weighted by Gasteiger charge is -2.31. The summed E-state index contributed by atoms with van der Waals surface area (Å²) in [6.45, 7) is 6.48. The first-order valence-corrected chi connectivity index (χ1v) is 9.26. The second kappa shape index (κ2) is 8.88. The first-order valence-electron chi connectivity index (χ1n) is 9.26. The van der Waals surface area contributed by atoms with E-state index in [-0.39, 0.29) is 0 Å². The standard InChI is InChI=1S/C22H29N3O/c1-4-22(25-12-14-26-15-13-25)23-21-10-8-19(9-11-21)20-7-5-6-18(16-20)17-24(2)3/h4-11,16,23H,12-15,17H2,1-3H3/b22-4+. The van der Waals surface area contributed by atoms with E-state index in [1.807, 2.05) is 0 Å². The summed E-state index contributed by atoms with van der Waals surface area (Å²) in [6, 6.07) is 17.4. The van der Waals surface area contributed by atoms with Crippen LogP contribution < -0.4 is 5.32 Å². The minimum atomic E-state index is 0.793. The topological polar surface area (TPSA) is 27.7 Å². The Morgan fingerprint density at radius 1 is 1.08 bits per heavy atom. The van der Waals surface area contributed by atoms with E-state index in [0.29, 0.717) is 0 Å². The second-order valence-corrected chi connectivity index (χ2v) is 6.91. The number of benzene rings is 2. The van der Waals surface area contributed by atoms with E-state index in [9.17, 15) is 0 Å². The van der Waals surface area contributed by atoms with Crippen LogP contribution in [0.25, 0.3) is 11.1 Å². The highest BCUT2D eigenvalue weighted by Gasteiger charge is 2.13. The number of nitrogens with zero attached hydrogens (tertiary/aromatic N) is 2. The van der Waals surface area contributed by atoms with Crippen molar-refractivity contribution in [1.82, 2.24) is 9.80 Å². The van der Waals surface area contributed by atoms with E-state index in [1.165, 1.54) is 16.7 Å². The summed E-state index contributed by atoms with van der Waals surface area (Å²) in [6.07, 6.45) is 2.13. The molecule has 1 aliphatic heterocycles. The van der Waals surface area contributed by atoms with Gasteiger partial charge in [0.15, 0.2) is 0 Å². The Labute approximate surface area is 157 Å². The van der Waals surface area contributed by atoms with Crippen molar-refractivity contribution in [2.45, 2.75) is 13.5 Å². The summed E-state index contributed by atoms with van der Waals surface area (Å²) in [4.78, 5) is 4.53. The van der Waals surface area contributed by atoms with E-state index in [1.54, 1.807) is 0 Å². The highest BCUT2D eigenvalue weighted by Crippen LogP contribution is 2.24. The molecule has 0 spiro atoms. The molecule has 138 valence electrons. The van der Waals surface area contributed by atoms with Crippen LogP contribution in [-0.2, 0) is 11.3 Å². The molecule has 0 bridgehead atoms. The molecule has 2 aromatic rings. The summed E-state index contributed by atoms with van der Waals surface area (Å²) in [5, 5.41) is 3.54. The minimum Gasteiger partial charge on any atom is -0.378 e. The zero-order valence-electron chi connectivity index (χ0n) is 16.0. The number of rotatable bonds is 6. The number of anilines is 1. The summed E-state index contributed by atoms with van der Waals surface area (Å²) in [5.74, 6) is 1.15. The quantitative estimate of drug-likeness (QED) is 0.851. The van der Waals surface area contributed by atoms with Crippen molar-refractivity contribution in [1.29, 1.82) is 0 Å². The summed E-state index contributed by atoms with van der Waals surface area (Å²) < 4.78 is 5.44. The molecule has 1 saturated heterocycles. The first kappa shape index (κ1) is 18.5. The Morgan fingerprint density at radius 2 is 1.81 bits per heavy atom. The summed E-state index contributed by atoms with van der Waals surface area (Å²) in [7, 11) is 4.20. The van der Waals surface area contributed by atoms with Gasteiger partial charge in [-0.05, 0) is 62.0 Å². The monoisotopic (exact) mass is 351 g/mol. The third-order valence-electron chi connectivity index (χ3n) is 4.54. The van der Waals surface area contributed by atoms with Gasteiger partial charge in [0.25, 0.3) is 0 Å². The molecule has 1 fully saturated rings. The van der Waals surface area contributed by atoms with E-state index in [2.05, 4.69) is 90.7 Å². The summed E-state index contributed by atoms with van der Waals surface area (Å²) in [5.41, 5.74) is 4.94. The molecule has 0 radical (unpaired) electrons. The number of nitrogens with one attached hydrogen (secondary N) is 1. The Bertz CT molecular complexity index is 731. The first-order chi connectivity index (χ1) is 12.7. The Hall–Kier alpha value is -2.30. The van der Waals surface area contributed by atoms with E-state index >= 15 is 0 Å². The van der Waals surface area contributed by atoms with Gasteiger partial charge in [0.2, 0.25) is 0 Å². The molecular formula is C22H29N3O. The molecule has 0 amide bonds.